The van der Waals surface area contributed by atoms with Crippen molar-refractivity contribution >= 4 is 17.1 Å². The van der Waals surface area contributed by atoms with E-state index in [9.17, 15) is 4.79 Å². The van der Waals surface area contributed by atoms with E-state index in [-0.39, 0.29) is 12.4 Å². The highest BCUT2D eigenvalue weighted by Crippen LogP contribution is 2.15. The van der Waals surface area contributed by atoms with E-state index in [0.29, 0.717) is 12.5 Å². The predicted octanol–water partition coefficient (Wildman–Crippen LogP) is 3.69. The third kappa shape index (κ3) is 4.90. The molecule has 0 fully saturated rings. The van der Waals surface area contributed by atoms with Gasteiger partial charge in [-0.3, -0.25) is 4.79 Å². The van der Waals surface area contributed by atoms with Crippen LogP contribution in [0.25, 0.3) is 0 Å². The van der Waals surface area contributed by atoms with Crippen LogP contribution in [0.1, 0.15) is 41.2 Å². The largest absolute Gasteiger partial charge is 0.373 e. The summed E-state index contributed by atoms with van der Waals surface area (Å²) in [4.78, 5) is 13.6. The molecule has 0 aliphatic heterocycles. The minimum absolute atomic E-state index is 0.0997. The number of carbonyl (C=O) groups excluding carboxylic acids is 1. The first-order valence-corrected chi connectivity index (χ1v) is 6.58. The minimum Gasteiger partial charge on any atom is -0.373 e. The number of ether oxygens (including phenoxy) is 1. The number of hydrogen-bond donors (Lipinski definition) is 0. The third-order valence-corrected chi connectivity index (χ3v) is 3.36. The van der Waals surface area contributed by atoms with Gasteiger partial charge in [0, 0.05) is 11.5 Å². The Morgan fingerprint density at radius 2 is 2.19 bits per heavy atom. The molecule has 0 spiro atoms. The van der Waals surface area contributed by atoms with Gasteiger partial charge in [0.2, 0.25) is 0 Å². The van der Waals surface area contributed by atoms with Crippen molar-refractivity contribution in [1.29, 1.82) is 0 Å². The van der Waals surface area contributed by atoms with E-state index in [1.807, 2.05) is 19.1 Å². The first kappa shape index (κ1) is 13.4. The van der Waals surface area contributed by atoms with Gasteiger partial charge < -0.3 is 4.74 Å². The molecular formula is C13H20O2S. The summed E-state index contributed by atoms with van der Waals surface area (Å²) < 4.78 is 5.37. The molecule has 0 saturated carbocycles. The summed E-state index contributed by atoms with van der Waals surface area (Å²) in [6.45, 7) is 7.30. The van der Waals surface area contributed by atoms with Crippen molar-refractivity contribution in [2.45, 2.75) is 33.6 Å². The Morgan fingerprint density at radius 3 is 2.75 bits per heavy atom. The van der Waals surface area contributed by atoms with Crippen LogP contribution in [0.15, 0.2) is 12.1 Å². The first-order chi connectivity index (χ1) is 7.59. The molecule has 1 aromatic heterocycles. The van der Waals surface area contributed by atoms with Gasteiger partial charge in [0.05, 0.1) is 4.88 Å². The predicted molar refractivity (Wildman–Crippen MR) is 68.3 cm³/mol. The van der Waals surface area contributed by atoms with Gasteiger partial charge in [-0.15, -0.1) is 11.3 Å². The number of hydrogen-bond acceptors (Lipinski definition) is 3. The summed E-state index contributed by atoms with van der Waals surface area (Å²) in [6.07, 6.45) is 2.20. The number of ketones is 1. The van der Waals surface area contributed by atoms with Gasteiger partial charge in [0.1, 0.15) is 6.61 Å². The molecule has 1 rings (SSSR count). The van der Waals surface area contributed by atoms with Gasteiger partial charge in [0.25, 0.3) is 0 Å². The lowest BCUT2D eigenvalue weighted by Gasteiger charge is -2.04. The molecule has 0 atom stereocenters. The molecule has 0 aliphatic carbocycles. The van der Waals surface area contributed by atoms with E-state index in [1.54, 1.807) is 0 Å². The van der Waals surface area contributed by atoms with E-state index >= 15 is 0 Å². The van der Waals surface area contributed by atoms with Crippen LogP contribution in [-0.2, 0) is 4.74 Å². The molecule has 0 aromatic carbocycles. The maximum atomic E-state index is 11.6. The summed E-state index contributed by atoms with van der Waals surface area (Å²) in [5.41, 5.74) is 0. The zero-order chi connectivity index (χ0) is 12.0. The number of rotatable bonds is 7. The van der Waals surface area contributed by atoms with Crippen LogP contribution < -0.4 is 0 Å². The number of carbonyl (C=O) groups is 1. The molecule has 90 valence electrons. The second-order valence-electron chi connectivity index (χ2n) is 4.42. The quantitative estimate of drug-likeness (QED) is 0.536. The van der Waals surface area contributed by atoms with E-state index in [4.69, 9.17) is 4.74 Å². The molecule has 0 unspecified atom stereocenters. The zero-order valence-corrected chi connectivity index (χ0v) is 11.1. The molecule has 0 saturated heterocycles. The fourth-order valence-corrected chi connectivity index (χ4v) is 2.21. The Labute approximate surface area is 102 Å². The van der Waals surface area contributed by atoms with Gasteiger partial charge in [-0.25, -0.2) is 0 Å². The van der Waals surface area contributed by atoms with Crippen molar-refractivity contribution in [3.63, 3.8) is 0 Å². The molecule has 0 bridgehead atoms. The molecule has 1 heterocycles. The molecule has 2 nitrogen and oxygen atoms in total. The van der Waals surface area contributed by atoms with Crippen LogP contribution >= 0.6 is 11.3 Å². The lowest BCUT2D eigenvalue weighted by Crippen LogP contribution is -2.08. The van der Waals surface area contributed by atoms with Crippen LogP contribution in [0.4, 0.5) is 0 Å². The van der Waals surface area contributed by atoms with E-state index < -0.39 is 0 Å². The normalized spacial score (nSPS) is 11.0. The summed E-state index contributed by atoms with van der Waals surface area (Å²) in [6, 6.07) is 3.84. The molecule has 0 N–H and O–H groups in total. The van der Waals surface area contributed by atoms with E-state index in [0.717, 1.165) is 17.7 Å². The second kappa shape index (κ2) is 6.81. The van der Waals surface area contributed by atoms with Crippen molar-refractivity contribution in [2.24, 2.45) is 5.92 Å². The van der Waals surface area contributed by atoms with Crippen molar-refractivity contribution in [2.75, 3.05) is 13.2 Å². The topological polar surface area (TPSA) is 26.3 Å². The molecular weight excluding hydrogens is 220 g/mol. The van der Waals surface area contributed by atoms with Crippen molar-refractivity contribution in [3.8, 4) is 0 Å². The van der Waals surface area contributed by atoms with Crippen molar-refractivity contribution < 1.29 is 9.53 Å². The lowest BCUT2D eigenvalue weighted by atomic mass is 10.1. The SMILES string of the molecule is Cc1ccc(C(=O)COCCCC(C)C)s1. The minimum atomic E-state index is 0.0997. The average molecular weight is 240 g/mol. The zero-order valence-electron chi connectivity index (χ0n) is 10.3. The van der Waals surface area contributed by atoms with Gasteiger partial charge in [-0.1, -0.05) is 13.8 Å². The molecule has 1 aromatic rings. The highest BCUT2D eigenvalue weighted by molar-refractivity contribution is 7.14. The van der Waals surface area contributed by atoms with Crippen LogP contribution in [0, 0.1) is 12.8 Å². The summed E-state index contributed by atoms with van der Waals surface area (Å²) in [5, 5.41) is 0. The lowest BCUT2D eigenvalue weighted by molar-refractivity contribution is 0.0753. The van der Waals surface area contributed by atoms with Crippen molar-refractivity contribution in [1.82, 2.24) is 0 Å². The van der Waals surface area contributed by atoms with Gasteiger partial charge in [0.15, 0.2) is 5.78 Å². The van der Waals surface area contributed by atoms with Crippen LogP contribution in [0.5, 0.6) is 0 Å². The number of aryl methyl sites for hydroxylation is 1. The Hall–Kier alpha value is -0.670. The maximum absolute atomic E-state index is 11.6. The van der Waals surface area contributed by atoms with Gasteiger partial charge >= 0.3 is 0 Å². The monoisotopic (exact) mass is 240 g/mol. The van der Waals surface area contributed by atoms with Crippen LogP contribution in [0.2, 0.25) is 0 Å². The molecule has 0 radical (unpaired) electrons. The fraction of sp³-hybridized carbons (Fsp3) is 0.615. The molecule has 0 amide bonds. The van der Waals surface area contributed by atoms with Gasteiger partial charge in [-0.2, -0.15) is 0 Å². The molecule has 16 heavy (non-hydrogen) atoms. The van der Waals surface area contributed by atoms with Gasteiger partial charge in [-0.05, 0) is 37.8 Å². The average Bonchev–Trinajstić information content (AvgIpc) is 2.63. The highest BCUT2D eigenvalue weighted by atomic mass is 32.1. The molecule has 0 aliphatic rings. The maximum Gasteiger partial charge on any atom is 0.198 e. The summed E-state index contributed by atoms with van der Waals surface area (Å²) in [7, 11) is 0. The summed E-state index contributed by atoms with van der Waals surface area (Å²) in [5.74, 6) is 0.807. The Kier molecular flexibility index (Phi) is 5.71. The fourth-order valence-electron chi connectivity index (χ4n) is 1.41. The standard InChI is InChI=1S/C13H20O2S/c1-10(2)5-4-8-15-9-12(14)13-7-6-11(3)16-13/h6-7,10H,4-5,8-9H2,1-3H3. The number of Topliss-reactive ketones (excluding diaryl/α,β-unsaturated/α-hetero) is 1. The van der Waals surface area contributed by atoms with Crippen molar-refractivity contribution in [3.05, 3.63) is 21.9 Å². The third-order valence-electron chi connectivity index (χ3n) is 2.32. The number of thiophene rings is 1. The van der Waals surface area contributed by atoms with Crippen LogP contribution in [-0.4, -0.2) is 19.0 Å². The second-order valence-corrected chi connectivity index (χ2v) is 5.71. The Bertz CT molecular complexity index is 328. The van der Waals surface area contributed by atoms with E-state index in [1.165, 1.54) is 16.2 Å². The smallest absolute Gasteiger partial charge is 0.198 e. The highest BCUT2D eigenvalue weighted by Gasteiger charge is 2.07. The Balaban J connectivity index is 2.16. The Morgan fingerprint density at radius 1 is 1.44 bits per heavy atom. The first-order valence-electron chi connectivity index (χ1n) is 5.77. The molecule has 3 heteroatoms. The van der Waals surface area contributed by atoms with E-state index in [2.05, 4.69) is 13.8 Å². The summed E-state index contributed by atoms with van der Waals surface area (Å²) >= 11 is 1.53. The van der Waals surface area contributed by atoms with Crippen LogP contribution in [0.3, 0.4) is 0 Å².